The van der Waals surface area contributed by atoms with Crippen LogP contribution >= 0.6 is 11.6 Å². The molecule has 0 radical (unpaired) electrons. The minimum absolute atomic E-state index is 0.148. The highest BCUT2D eigenvalue weighted by Gasteiger charge is 2.86. The van der Waals surface area contributed by atoms with Crippen molar-refractivity contribution in [3.05, 3.63) is 65.7 Å². The molecule has 0 N–H and O–H groups in total. The summed E-state index contributed by atoms with van der Waals surface area (Å²) in [7, 11) is -7.08. The van der Waals surface area contributed by atoms with Gasteiger partial charge in [-0.1, -0.05) is 48.0 Å². The zero-order valence-corrected chi connectivity index (χ0v) is 18.8. The van der Waals surface area contributed by atoms with Crippen LogP contribution in [0.2, 0.25) is 5.02 Å². The highest BCUT2D eigenvalue weighted by Crippen LogP contribution is 2.55. The van der Waals surface area contributed by atoms with Gasteiger partial charge in [-0.25, -0.2) is 0 Å². The van der Waals surface area contributed by atoms with Crippen LogP contribution in [0.4, 0.5) is 39.5 Å². The van der Waals surface area contributed by atoms with Gasteiger partial charge in [-0.2, -0.15) is 47.9 Å². The van der Waals surface area contributed by atoms with Gasteiger partial charge in [0.25, 0.3) is 0 Å². The highest BCUT2D eigenvalue weighted by molar-refractivity contribution is 7.88. The fraction of sp³-hybridized carbons (Fsp3) is 0.182. The molecule has 0 aliphatic carbocycles. The van der Waals surface area contributed by atoms with Crippen molar-refractivity contribution in [2.75, 3.05) is 0 Å². The Morgan fingerprint density at radius 2 is 1.17 bits per heavy atom. The molecule has 0 amide bonds. The molecule has 0 fully saturated rings. The largest absolute Gasteiger partial charge is 0.460 e. The lowest BCUT2D eigenvalue weighted by Crippen LogP contribution is -2.63. The lowest BCUT2D eigenvalue weighted by molar-refractivity contribution is -0.382. The van der Waals surface area contributed by atoms with Crippen LogP contribution in [-0.2, 0) is 10.1 Å². The molecule has 0 heterocycles. The van der Waals surface area contributed by atoms with Crippen molar-refractivity contribution in [1.82, 2.24) is 0 Å². The first-order valence-electron chi connectivity index (χ1n) is 9.61. The molecule has 4 aromatic carbocycles. The second-order valence-electron chi connectivity index (χ2n) is 7.62. The van der Waals surface area contributed by atoms with E-state index in [4.69, 9.17) is 11.6 Å². The van der Waals surface area contributed by atoms with Gasteiger partial charge in [0.15, 0.2) is 0 Å². The number of hydrogen-bond acceptors (Lipinski definition) is 3. The van der Waals surface area contributed by atoms with E-state index in [1.54, 1.807) is 24.3 Å². The Morgan fingerprint density at radius 3 is 1.78 bits per heavy atom. The van der Waals surface area contributed by atoms with Gasteiger partial charge in [-0.3, -0.25) is 0 Å². The molecule has 0 unspecified atom stereocenters. The van der Waals surface area contributed by atoms with E-state index in [9.17, 15) is 47.9 Å². The van der Waals surface area contributed by atoms with Crippen molar-refractivity contribution in [3.8, 4) is 5.75 Å². The van der Waals surface area contributed by atoms with Gasteiger partial charge in [0.1, 0.15) is 5.75 Å². The van der Waals surface area contributed by atoms with Crippen LogP contribution in [0.15, 0.2) is 60.7 Å². The first-order chi connectivity index (χ1) is 16.4. The summed E-state index contributed by atoms with van der Waals surface area (Å²) in [5, 5.41) is -4.09. The number of alkyl halides is 9. The van der Waals surface area contributed by atoms with Crippen LogP contribution in [0.25, 0.3) is 32.3 Å². The molecule has 0 spiro atoms. The number of benzene rings is 4. The third kappa shape index (κ3) is 3.62. The van der Waals surface area contributed by atoms with Crippen LogP contribution in [0, 0.1) is 0 Å². The average Bonchev–Trinajstić information content (AvgIpc) is 2.77. The van der Waals surface area contributed by atoms with Gasteiger partial charge >= 0.3 is 33.4 Å². The predicted octanol–water partition coefficient (Wildman–Crippen LogP) is 7.93. The Balaban J connectivity index is 1.88. The first-order valence-corrected chi connectivity index (χ1v) is 11.4. The molecular weight excluding hydrogens is 551 g/mol. The molecule has 0 atom stereocenters. The van der Waals surface area contributed by atoms with Crippen LogP contribution in [0.5, 0.6) is 5.75 Å². The summed E-state index contributed by atoms with van der Waals surface area (Å²) in [6.07, 6.45) is -7.18. The van der Waals surface area contributed by atoms with Gasteiger partial charge in [0.05, 0.1) is 0 Å². The molecule has 0 bridgehead atoms. The molecule has 0 aromatic heterocycles. The second-order valence-corrected chi connectivity index (χ2v) is 9.61. The van der Waals surface area contributed by atoms with Crippen LogP contribution in [0.1, 0.15) is 0 Å². The van der Waals surface area contributed by atoms with Crippen LogP contribution < -0.4 is 4.18 Å². The molecular formula is C22H10ClF9O3S. The quantitative estimate of drug-likeness (QED) is 0.141. The van der Waals surface area contributed by atoms with Gasteiger partial charge < -0.3 is 4.18 Å². The maximum atomic E-state index is 14.1. The molecule has 192 valence electrons. The molecule has 4 aromatic rings. The van der Waals surface area contributed by atoms with Gasteiger partial charge in [0, 0.05) is 10.4 Å². The first kappa shape index (κ1) is 26.1. The van der Waals surface area contributed by atoms with E-state index in [1.807, 2.05) is 0 Å². The predicted molar refractivity (Wildman–Crippen MR) is 114 cm³/mol. The molecule has 36 heavy (non-hydrogen) atoms. The maximum absolute atomic E-state index is 14.1. The van der Waals surface area contributed by atoms with Crippen molar-refractivity contribution in [2.24, 2.45) is 0 Å². The van der Waals surface area contributed by atoms with E-state index < -0.39 is 39.1 Å². The Bertz CT molecular complexity index is 1620. The molecule has 0 aliphatic rings. The summed E-state index contributed by atoms with van der Waals surface area (Å²) in [5.74, 6) is -15.8. The molecule has 3 nitrogen and oxygen atoms in total. The number of fused-ring (bicyclic) bond motifs is 6. The zero-order chi connectivity index (χ0) is 26.9. The summed E-state index contributed by atoms with van der Waals surface area (Å²) in [5.41, 5.74) is 0. The molecule has 0 aliphatic heterocycles. The third-order valence-electron chi connectivity index (χ3n) is 5.42. The average molecular weight is 561 g/mol. The van der Waals surface area contributed by atoms with Crippen molar-refractivity contribution >= 4 is 54.0 Å². The van der Waals surface area contributed by atoms with Crippen molar-refractivity contribution < 1.29 is 52.1 Å². The highest BCUT2D eigenvalue weighted by atomic mass is 35.5. The minimum atomic E-state index is -7.40. The Labute approximate surface area is 201 Å². The van der Waals surface area contributed by atoms with Crippen molar-refractivity contribution in [3.63, 3.8) is 0 Å². The summed E-state index contributed by atoms with van der Waals surface area (Å²) in [6.45, 7) is 0. The normalized spacial score (nSPS) is 14.1. The maximum Gasteiger partial charge on any atom is 0.460 e. The second kappa shape index (κ2) is 8.04. The smallest absolute Gasteiger partial charge is 0.378 e. The van der Waals surface area contributed by atoms with E-state index in [-0.39, 0.29) is 10.4 Å². The van der Waals surface area contributed by atoms with Gasteiger partial charge in [-0.15, -0.1) is 0 Å². The molecule has 0 saturated carbocycles. The zero-order valence-electron chi connectivity index (χ0n) is 17.2. The van der Waals surface area contributed by atoms with Crippen molar-refractivity contribution in [2.45, 2.75) is 23.3 Å². The van der Waals surface area contributed by atoms with Gasteiger partial charge in [0.2, 0.25) is 0 Å². The van der Waals surface area contributed by atoms with Crippen molar-refractivity contribution in [1.29, 1.82) is 0 Å². The van der Waals surface area contributed by atoms with E-state index in [0.29, 0.717) is 26.9 Å². The van der Waals surface area contributed by atoms with E-state index in [1.165, 1.54) is 24.3 Å². The van der Waals surface area contributed by atoms with Crippen LogP contribution in [-0.4, -0.2) is 31.7 Å². The summed E-state index contributed by atoms with van der Waals surface area (Å²) < 4.78 is 147. The standard InChI is InChI=1S/C22H10ClF9O3S/c23-17-7-3-6-15-16-10-11(8-9-13(16)12-4-1-2-5-14(12)18(15)17)35-36(33,34)22(31,32)20(26,27)19(24,25)21(28,29)30/h1-10H. The monoisotopic (exact) mass is 560 g/mol. The number of halogens is 10. The topological polar surface area (TPSA) is 43.4 Å². The summed E-state index contributed by atoms with van der Waals surface area (Å²) >= 11 is 6.30. The fourth-order valence-corrected chi connectivity index (χ4v) is 4.87. The molecule has 14 heteroatoms. The minimum Gasteiger partial charge on any atom is -0.378 e. The Morgan fingerprint density at radius 1 is 0.639 bits per heavy atom. The number of hydrogen-bond donors (Lipinski definition) is 0. The lowest BCUT2D eigenvalue weighted by Gasteiger charge is -2.32. The van der Waals surface area contributed by atoms with Crippen LogP contribution in [0.3, 0.4) is 0 Å². The van der Waals surface area contributed by atoms with E-state index in [0.717, 1.165) is 12.1 Å². The SMILES string of the molecule is O=S(=O)(Oc1ccc2c3ccccc3c3c(Cl)cccc3c2c1)C(F)(F)C(F)(F)C(F)(F)C(F)(F)F. The van der Waals surface area contributed by atoms with Gasteiger partial charge in [-0.05, 0) is 51.2 Å². The Kier molecular flexibility index (Phi) is 5.84. The Hall–Kier alpha value is -2.93. The lowest BCUT2D eigenvalue weighted by atomic mass is 9.94. The molecule has 0 saturated heterocycles. The van der Waals surface area contributed by atoms with E-state index >= 15 is 0 Å². The summed E-state index contributed by atoms with van der Waals surface area (Å²) in [6, 6.07) is 14.1. The molecule has 4 rings (SSSR count). The fourth-order valence-electron chi connectivity index (χ4n) is 3.69. The van der Waals surface area contributed by atoms with E-state index in [2.05, 4.69) is 4.18 Å². The number of rotatable bonds is 5. The summed E-state index contributed by atoms with van der Waals surface area (Å²) in [4.78, 5) is 0. The third-order valence-corrected chi connectivity index (χ3v) is 7.03.